The second-order valence-electron chi connectivity index (χ2n) is 17.6. The second kappa shape index (κ2) is 11.9. The number of hydrogen-bond donors (Lipinski definition) is 0. The van der Waals surface area contributed by atoms with Gasteiger partial charge in [-0.1, -0.05) is 198 Å². The van der Waals surface area contributed by atoms with Crippen LogP contribution in [0.4, 0.5) is 0 Å². The molecule has 0 aromatic heterocycles. The molecule has 0 saturated carbocycles. The van der Waals surface area contributed by atoms with Crippen LogP contribution in [-0.2, 0) is 10.8 Å². The maximum atomic E-state index is 2.41. The molecule has 0 unspecified atom stereocenters. The van der Waals surface area contributed by atoms with Crippen LogP contribution in [0.2, 0.25) is 0 Å². The number of hydrogen-bond acceptors (Lipinski definition) is 0. The van der Waals surface area contributed by atoms with Gasteiger partial charge in [0.25, 0.3) is 0 Å². The molecular formula is C58H42. The first-order chi connectivity index (χ1) is 28.3. The lowest BCUT2D eigenvalue weighted by Crippen LogP contribution is -2.14. The summed E-state index contributed by atoms with van der Waals surface area (Å²) >= 11 is 0. The van der Waals surface area contributed by atoms with Gasteiger partial charge in [0.1, 0.15) is 0 Å². The lowest BCUT2D eigenvalue weighted by atomic mass is 9.82. The molecule has 0 N–H and O–H groups in total. The van der Waals surface area contributed by atoms with Crippen molar-refractivity contribution in [2.24, 2.45) is 0 Å². The zero-order valence-corrected chi connectivity index (χ0v) is 33.3. The first-order valence-corrected chi connectivity index (χ1v) is 20.7. The third-order valence-electron chi connectivity index (χ3n) is 13.8. The Hall–Kier alpha value is -6.76. The quantitative estimate of drug-likeness (QED) is 0.158. The molecule has 2 aliphatic carbocycles. The van der Waals surface area contributed by atoms with Crippen LogP contribution < -0.4 is 0 Å². The van der Waals surface area contributed by atoms with Gasteiger partial charge in [0.2, 0.25) is 0 Å². The van der Waals surface area contributed by atoms with E-state index in [2.05, 4.69) is 210 Å². The predicted molar refractivity (Wildman–Crippen MR) is 247 cm³/mol. The monoisotopic (exact) mass is 738 g/mol. The standard InChI is InChI=1S/C58H42/c1-57(2)49-21-7-5-17-47(49)55-43(19-11-23-51(55)57)39-15-9-13-37(33-39)41-29-25-35-28-32-46-42(30-26-36-27-31-45(41)53(35)54(36)46)38-14-10-16-40(34-38)44-20-12-24-52-56(44)48-18-6-8-22-50(48)58(52,3)4/h5-34H,1-4H3. The van der Waals surface area contributed by atoms with Gasteiger partial charge in [-0.15, -0.1) is 0 Å². The highest BCUT2D eigenvalue weighted by Gasteiger charge is 2.37. The van der Waals surface area contributed by atoms with E-state index in [9.17, 15) is 0 Å². The molecule has 0 bridgehead atoms. The van der Waals surface area contributed by atoms with Gasteiger partial charge < -0.3 is 0 Å². The molecule has 10 aromatic rings. The van der Waals surface area contributed by atoms with Crippen molar-refractivity contribution in [3.63, 3.8) is 0 Å². The van der Waals surface area contributed by atoms with Crippen LogP contribution in [0, 0.1) is 0 Å². The van der Waals surface area contributed by atoms with Gasteiger partial charge in [0.15, 0.2) is 0 Å². The third-order valence-corrected chi connectivity index (χ3v) is 13.8. The van der Waals surface area contributed by atoms with E-state index in [1.165, 1.54) is 121 Å². The fraction of sp³-hybridized carbons (Fsp3) is 0.103. The van der Waals surface area contributed by atoms with Crippen molar-refractivity contribution < 1.29 is 0 Å². The summed E-state index contributed by atoms with van der Waals surface area (Å²) in [4.78, 5) is 0. The van der Waals surface area contributed by atoms with Gasteiger partial charge in [-0.2, -0.15) is 0 Å². The summed E-state index contributed by atoms with van der Waals surface area (Å²) in [7, 11) is 0. The lowest BCUT2D eigenvalue weighted by Gasteiger charge is -2.21. The first kappa shape index (κ1) is 33.4. The van der Waals surface area contributed by atoms with Crippen molar-refractivity contribution in [2.75, 3.05) is 0 Å². The van der Waals surface area contributed by atoms with Crippen LogP contribution in [0.3, 0.4) is 0 Å². The lowest BCUT2D eigenvalue weighted by molar-refractivity contribution is 0.660. The Kier molecular flexibility index (Phi) is 6.84. The Morgan fingerprint density at radius 2 is 0.621 bits per heavy atom. The SMILES string of the molecule is CC1(C)c2ccccc2-c2c(-c3cccc(-c4ccc5ccc6c(-c7cccc(-c8cccc9c8-c8ccccc8C9(C)C)c7)ccc7ccc4c5c76)c3)cccc21. The Bertz CT molecular complexity index is 3110. The minimum Gasteiger partial charge on any atom is -0.0619 e. The normalized spacial score (nSPS) is 14.5. The molecule has 0 spiro atoms. The van der Waals surface area contributed by atoms with E-state index in [4.69, 9.17) is 0 Å². The fourth-order valence-electron chi connectivity index (χ4n) is 11.0. The van der Waals surface area contributed by atoms with Crippen molar-refractivity contribution in [1.82, 2.24) is 0 Å². The molecule has 274 valence electrons. The maximum absolute atomic E-state index is 2.41. The summed E-state index contributed by atoms with van der Waals surface area (Å²) in [5.74, 6) is 0. The number of fused-ring (bicyclic) bond motifs is 6. The van der Waals surface area contributed by atoms with Crippen molar-refractivity contribution in [2.45, 2.75) is 38.5 Å². The Labute approximate surface area is 340 Å². The highest BCUT2D eigenvalue weighted by molar-refractivity contribution is 6.27. The second-order valence-corrected chi connectivity index (χ2v) is 17.6. The molecule has 0 heteroatoms. The van der Waals surface area contributed by atoms with E-state index in [-0.39, 0.29) is 10.8 Å². The zero-order chi connectivity index (χ0) is 38.9. The number of rotatable bonds is 4. The molecule has 0 nitrogen and oxygen atoms in total. The summed E-state index contributed by atoms with van der Waals surface area (Å²) in [6, 6.07) is 68.7. The van der Waals surface area contributed by atoms with Gasteiger partial charge in [0, 0.05) is 10.8 Å². The topological polar surface area (TPSA) is 0 Å². The van der Waals surface area contributed by atoms with Crippen molar-refractivity contribution >= 4 is 32.3 Å². The van der Waals surface area contributed by atoms with Gasteiger partial charge in [0.05, 0.1) is 0 Å². The van der Waals surface area contributed by atoms with Crippen molar-refractivity contribution in [1.29, 1.82) is 0 Å². The van der Waals surface area contributed by atoms with Crippen LogP contribution >= 0.6 is 0 Å². The molecule has 0 amide bonds. The Balaban J connectivity index is 1.000. The van der Waals surface area contributed by atoms with Crippen molar-refractivity contribution in [3.8, 4) is 66.8 Å². The third kappa shape index (κ3) is 4.52. The molecule has 0 radical (unpaired) electrons. The van der Waals surface area contributed by atoms with E-state index in [0.717, 1.165) is 0 Å². The largest absolute Gasteiger partial charge is 0.0619 e. The summed E-state index contributed by atoms with van der Waals surface area (Å²) < 4.78 is 0. The van der Waals surface area contributed by atoms with E-state index < -0.39 is 0 Å². The average Bonchev–Trinajstić information content (AvgIpc) is 3.65. The summed E-state index contributed by atoms with van der Waals surface area (Å²) in [5.41, 5.74) is 21.2. The van der Waals surface area contributed by atoms with Crippen LogP contribution in [0.15, 0.2) is 182 Å². The van der Waals surface area contributed by atoms with Crippen LogP contribution in [0.5, 0.6) is 0 Å². The van der Waals surface area contributed by atoms with Crippen LogP contribution in [0.25, 0.3) is 99.1 Å². The van der Waals surface area contributed by atoms with E-state index >= 15 is 0 Å². The minimum atomic E-state index is -0.0310. The van der Waals surface area contributed by atoms with Crippen molar-refractivity contribution in [3.05, 3.63) is 204 Å². The average molecular weight is 739 g/mol. The highest BCUT2D eigenvalue weighted by atomic mass is 14.4. The molecule has 0 heterocycles. The van der Waals surface area contributed by atoms with E-state index in [0.29, 0.717) is 0 Å². The fourth-order valence-corrected chi connectivity index (χ4v) is 11.0. The van der Waals surface area contributed by atoms with Crippen LogP contribution in [-0.4, -0.2) is 0 Å². The molecule has 0 fully saturated rings. The molecule has 0 atom stereocenters. The molecule has 12 rings (SSSR count). The Morgan fingerprint density at radius 1 is 0.276 bits per heavy atom. The molecule has 10 aromatic carbocycles. The zero-order valence-electron chi connectivity index (χ0n) is 33.3. The predicted octanol–water partition coefficient (Wildman–Crippen LogP) is 15.9. The summed E-state index contributed by atoms with van der Waals surface area (Å²) in [6.07, 6.45) is 0. The van der Waals surface area contributed by atoms with Gasteiger partial charge in [-0.3, -0.25) is 0 Å². The smallest absolute Gasteiger partial charge is 0.0159 e. The number of benzene rings is 10. The summed E-state index contributed by atoms with van der Waals surface area (Å²) in [5, 5.41) is 7.83. The van der Waals surface area contributed by atoms with Gasteiger partial charge in [-0.25, -0.2) is 0 Å². The van der Waals surface area contributed by atoms with Gasteiger partial charge >= 0.3 is 0 Å². The van der Waals surface area contributed by atoms with E-state index in [1.807, 2.05) is 0 Å². The van der Waals surface area contributed by atoms with Gasteiger partial charge in [-0.05, 0) is 133 Å². The molecular weight excluding hydrogens is 697 g/mol. The maximum Gasteiger partial charge on any atom is 0.0159 e. The van der Waals surface area contributed by atoms with Crippen LogP contribution in [0.1, 0.15) is 49.9 Å². The molecule has 0 aliphatic heterocycles. The molecule has 2 aliphatic rings. The highest BCUT2D eigenvalue weighted by Crippen LogP contribution is 2.54. The minimum absolute atomic E-state index is 0.0310. The Morgan fingerprint density at radius 3 is 1.07 bits per heavy atom. The molecule has 0 saturated heterocycles. The first-order valence-electron chi connectivity index (χ1n) is 20.7. The van der Waals surface area contributed by atoms with E-state index in [1.54, 1.807) is 0 Å². The molecule has 58 heavy (non-hydrogen) atoms. The summed E-state index contributed by atoms with van der Waals surface area (Å²) in [6.45, 7) is 9.44.